The number of ether oxygens (including phenoxy) is 2. The maximum atomic E-state index is 12.8. The minimum absolute atomic E-state index is 0.248. The zero-order chi connectivity index (χ0) is 23.2. The van der Waals surface area contributed by atoms with Crippen LogP contribution in [0.3, 0.4) is 0 Å². The van der Waals surface area contributed by atoms with Crippen molar-refractivity contribution in [3.8, 4) is 11.5 Å². The average Bonchev–Trinajstić information content (AvgIpc) is 2.70. The van der Waals surface area contributed by atoms with E-state index < -0.39 is 22.0 Å². The summed E-state index contributed by atoms with van der Waals surface area (Å²) in [4.78, 5) is 12.8. The maximum absolute atomic E-state index is 12.8. The van der Waals surface area contributed by atoms with Crippen LogP contribution in [-0.4, -0.2) is 46.9 Å². The minimum atomic E-state index is -3.74. The Morgan fingerprint density at radius 3 is 2.39 bits per heavy atom. The number of para-hydroxylation sites is 1. The molecule has 0 aliphatic heterocycles. The number of hydrogen-bond donors (Lipinski definition) is 1. The molecule has 8 heteroatoms. The van der Waals surface area contributed by atoms with Gasteiger partial charge in [0.25, 0.3) is 0 Å². The molecule has 170 valence electrons. The summed E-state index contributed by atoms with van der Waals surface area (Å²) < 4.78 is 37.3. The highest BCUT2D eigenvalue weighted by atomic mass is 32.2. The molecule has 0 saturated heterocycles. The predicted octanol–water partition coefficient (Wildman–Crippen LogP) is 3.48. The van der Waals surface area contributed by atoms with Crippen LogP contribution in [0, 0.1) is 6.92 Å². The Bertz CT molecular complexity index is 1000. The van der Waals surface area contributed by atoms with E-state index in [9.17, 15) is 13.2 Å². The number of amides is 1. The van der Waals surface area contributed by atoms with E-state index in [4.69, 9.17) is 9.47 Å². The summed E-state index contributed by atoms with van der Waals surface area (Å²) in [6, 6.07) is 12.0. The van der Waals surface area contributed by atoms with E-state index in [0.717, 1.165) is 27.4 Å². The van der Waals surface area contributed by atoms with Crippen LogP contribution in [0.2, 0.25) is 0 Å². The number of rotatable bonds is 10. The molecule has 0 spiro atoms. The molecule has 31 heavy (non-hydrogen) atoms. The Morgan fingerprint density at radius 1 is 1.10 bits per heavy atom. The lowest BCUT2D eigenvalue weighted by atomic mass is 10.0. The second kappa shape index (κ2) is 10.5. The van der Waals surface area contributed by atoms with Crippen molar-refractivity contribution in [3.63, 3.8) is 0 Å². The largest absolute Gasteiger partial charge is 0.495 e. The quantitative estimate of drug-likeness (QED) is 0.563. The fraction of sp³-hybridized carbons (Fsp3) is 0.435. The highest BCUT2D eigenvalue weighted by Gasteiger charge is 2.31. The monoisotopic (exact) mass is 448 g/mol. The van der Waals surface area contributed by atoms with Gasteiger partial charge in [0.1, 0.15) is 24.1 Å². The summed E-state index contributed by atoms with van der Waals surface area (Å²) in [7, 11) is -2.28. The molecule has 0 radical (unpaired) electrons. The van der Waals surface area contributed by atoms with E-state index in [0.29, 0.717) is 17.4 Å². The van der Waals surface area contributed by atoms with E-state index in [1.54, 1.807) is 19.1 Å². The number of aryl methyl sites for hydroxylation is 1. The summed E-state index contributed by atoms with van der Waals surface area (Å²) in [5.41, 5.74) is 2.28. The van der Waals surface area contributed by atoms with Crippen LogP contribution < -0.4 is 19.1 Å². The van der Waals surface area contributed by atoms with Crippen LogP contribution in [-0.2, 0) is 14.8 Å². The molecule has 0 aliphatic carbocycles. The lowest BCUT2D eigenvalue weighted by Crippen LogP contribution is -2.48. The molecular weight excluding hydrogens is 416 g/mol. The SMILES string of the molecule is COc1ccc(C)cc1N(C(C)C(=O)NCCOc1ccccc1C(C)C)S(C)(=O)=O. The zero-order valence-electron chi connectivity index (χ0n) is 19.0. The predicted molar refractivity (Wildman–Crippen MR) is 124 cm³/mol. The van der Waals surface area contributed by atoms with Crippen molar-refractivity contribution in [1.29, 1.82) is 0 Å². The first-order chi connectivity index (χ1) is 14.6. The van der Waals surface area contributed by atoms with Crippen molar-refractivity contribution in [3.05, 3.63) is 53.6 Å². The van der Waals surface area contributed by atoms with Crippen LogP contribution in [0.1, 0.15) is 37.8 Å². The van der Waals surface area contributed by atoms with E-state index in [2.05, 4.69) is 19.2 Å². The van der Waals surface area contributed by atoms with E-state index in [1.807, 2.05) is 37.3 Å². The number of nitrogens with zero attached hydrogens (tertiary/aromatic N) is 1. The van der Waals surface area contributed by atoms with Crippen LogP contribution in [0.25, 0.3) is 0 Å². The minimum Gasteiger partial charge on any atom is -0.495 e. The normalized spacial score (nSPS) is 12.4. The molecule has 7 nitrogen and oxygen atoms in total. The molecule has 0 aromatic heterocycles. The van der Waals surface area contributed by atoms with Crippen molar-refractivity contribution in [2.24, 2.45) is 0 Å². The molecule has 1 amide bonds. The van der Waals surface area contributed by atoms with E-state index in [1.165, 1.54) is 7.11 Å². The van der Waals surface area contributed by atoms with Gasteiger partial charge in [-0.2, -0.15) is 0 Å². The molecule has 1 N–H and O–H groups in total. The van der Waals surface area contributed by atoms with E-state index >= 15 is 0 Å². The number of sulfonamides is 1. The van der Waals surface area contributed by atoms with Gasteiger partial charge in [-0.3, -0.25) is 9.10 Å². The highest BCUT2D eigenvalue weighted by molar-refractivity contribution is 7.92. The number of nitrogens with one attached hydrogen (secondary N) is 1. The Balaban J connectivity index is 2.09. The molecular formula is C23H32N2O5S. The van der Waals surface area contributed by atoms with Gasteiger partial charge in [-0.15, -0.1) is 0 Å². The summed E-state index contributed by atoms with van der Waals surface area (Å²) in [6.45, 7) is 8.09. The molecule has 0 bridgehead atoms. The first-order valence-corrected chi connectivity index (χ1v) is 12.0. The lowest BCUT2D eigenvalue weighted by Gasteiger charge is -2.29. The number of carbonyl (C=O) groups is 1. The number of benzene rings is 2. The van der Waals surface area contributed by atoms with Crippen LogP contribution in [0.4, 0.5) is 5.69 Å². The van der Waals surface area contributed by atoms with Crippen LogP contribution in [0.15, 0.2) is 42.5 Å². The van der Waals surface area contributed by atoms with Crippen LogP contribution in [0.5, 0.6) is 11.5 Å². The second-order valence-corrected chi connectivity index (χ2v) is 9.60. The summed E-state index contributed by atoms with van der Waals surface area (Å²) in [6.07, 6.45) is 1.07. The molecule has 1 atom stereocenters. The Morgan fingerprint density at radius 2 is 1.77 bits per heavy atom. The van der Waals surface area contributed by atoms with Gasteiger partial charge in [0.15, 0.2) is 0 Å². The van der Waals surface area contributed by atoms with Gasteiger partial charge in [-0.25, -0.2) is 8.42 Å². The lowest BCUT2D eigenvalue weighted by molar-refractivity contribution is -0.121. The fourth-order valence-electron chi connectivity index (χ4n) is 3.33. The molecule has 2 aromatic rings. The average molecular weight is 449 g/mol. The topological polar surface area (TPSA) is 84.9 Å². The summed E-state index contributed by atoms with van der Waals surface area (Å²) in [5, 5.41) is 2.76. The van der Waals surface area contributed by atoms with Gasteiger partial charge < -0.3 is 14.8 Å². The number of methoxy groups -OCH3 is 1. The molecule has 2 aromatic carbocycles. The fourth-order valence-corrected chi connectivity index (χ4v) is 4.50. The maximum Gasteiger partial charge on any atom is 0.243 e. The highest BCUT2D eigenvalue weighted by Crippen LogP contribution is 2.32. The first kappa shape index (κ1) is 24.5. The van der Waals surface area contributed by atoms with Crippen molar-refractivity contribution in [1.82, 2.24) is 5.32 Å². The van der Waals surface area contributed by atoms with Crippen molar-refractivity contribution >= 4 is 21.6 Å². The van der Waals surface area contributed by atoms with Crippen molar-refractivity contribution in [2.75, 3.05) is 30.8 Å². The van der Waals surface area contributed by atoms with Gasteiger partial charge in [0.05, 0.1) is 25.6 Å². The van der Waals surface area contributed by atoms with Crippen molar-refractivity contribution in [2.45, 2.75) is 39.7 Å². The third-order valence-corrected chi connectivity index (χ3v) is 6.09. The molecule has 2 rings (SSSR count). The third kappa shape index (κ3) is 6.37. The first-order valence-electron chi connectivity index (χ1n) is 10.2. The standard InChI is InChI=1S/C23H32N2O5S/c1-16(2)19-9-7-8-10-21(19)30-14-13-24-23(26)18(4)25(31(6,27)28)20-15-17(3)11-12-22(20)29-5/h7-12,15-16,18H,13-14H2,1-6H3,(H,24,26). The number of hydrogen-bond acceptors (Lipinski definition) is 5. The Hall–Kier alpha value is -2.74. The van der Waals surface area contributed by atoms with Gasteiger partial charge in [-0.05, 0) is 49.1 Å². The molecule has 0 fully saturated rings. The molecule has 0 heterocycles. The summed E-state index contributed by atoms with van der Waals surface area (Å²) in [5.74, 6) is 1.06. The molecule has 0 aliphatic rings. The Kier molecular flexibility index (Phi) is 8.33. The van der Waals surface area contributed by atoms with Gasteiger partial charge in [-0.1, -0.05) is 38.1 Å². The van der Waals surface area contributed by atoms with Crippen LogP contribution >= 0.6 is 0 Å². The van der Waals surface area contributed by atoms with Gasteiger partial charge in [0, 0.05) is 0 Å². The smallest absolute Gasteiger partial charge is 0.243 e. The third-order valence-electron chi connectivity index (χ3n) is 4.86. The number of anilines is 1. The van der Waals surface area contributed by atoms with E-state index in [-0.39, 0.29) is 13.2 Å². The van der Waals surface area contributed by atoms with Crippen molar-refractivity contribution < 1.29 is 22.7 Å². The number of carbonyl (C=O) groups excluding carboxylic acids is 1. The summed E-state index contributed by atoms with van der Waals surface area (Å²) >= 11 is 0. The Labute approximate surface area is 185 Å². The molecule has 0 saturated carbocycles. The second-order valence-electron chi connectivity index (χ2n) is 7.74. The zero-order valence-corrected chi connectivity index (χ0v) is 19.8. The van der Waals surface area contributed by atoms with Gasteiger partial charge in [0.2, 0.25) is 15.9 Å². The molecule has 1 unspecified atom stereocenters. The van der Waals surface area contributed by atoms with Gasteiger partial charge >= 0.3 is 0 Å².